The highest BCUT2D eigenvalue weighted by molar-refractivity contribution is 8.15. The number of amides is 1. The molecule has 6 nitrogen and oxygen atoms in total. The molecule has 0 unspecified atom stereocenters. The average molecular weight is 564 g/mol. The minimum atomic E-state index is -0.624. The van der Waals surface area contributed by atoms with E-state index >= 15 is 0 Å². The number of carbonyl (C=O) groups is 1. The molecule has 7 heteroatoms. The van der Waals surface area contributed by atoms with Gasteiger partial charge in [-0.15, -0.1) is 0 Å². The summed E-state index contributed by atoms with van der Waals surface area (Å²) in [4.78, 5) is 23.7. The van der Waals surface area contributed by atoms with E-state index < -0.39 is 4.75 Å². The lowest BCUT2D eigenvalue weighted by Gasteiger charge is -2.39. The van der Waals surface area contributed by atoms with E-state index in [0.29, 0.717) is 5.17 Å². The van der Waals surface area contributed by atoms with Gasteiger partial charge in [-0.1, -0.05) is 72.4 Å². The molecule has 1 aliphatic rings. The number of hydrogen-bond acceptors (Lipinski definition) is 6. The number of amidine groups is 1. The van der Waals surface area contributed by atoms with Crippen LogP contribution in [0.2, 0.25) is 0 Å². The van der Waals surface area contributed by atoms with Gasteiger partial charge in [0.15, 0.2) is 5.17 Å². The number of anilines is 3. The van der Waals surface area contributed by atoms with E-state index in [1.807, 2.05) is 34.3 Å². The van der Waals surface area contributed by atoms with Crippen molar-refractivity contribution < 1.29 is 4.79 Å². The lowest BCUT2D eigenvalue weighted by molar-refractivity contribution is -0.117. The van der Waals surface area contributed by atoms with Crippen LogP contribution in [-0.2, 0) is 16.1 Å². The number of fused-ring (bicyclic) bond motifs is 1. The molecule has 4 aromatic carbocycles. The molecule has 0 radical (unpaired) electrons. The Hall–Kier alpha value is -4.23. The molecule has 210 valence electrons. The van der Waals surface area contributed by atoms with Crippen molar-refractivity contribution in [3.8, 4) is 0 Å². The third-order valence-electron chi connectivity index (χ3n) is 7.40. The van der Waals surface area contributed by atoms with Crippen molar-refractivity contribution in [2.45, 2.75) is 18.2 Å². The molecule has 4 aromatic rings. The first-order valence-corrected chi connectivity index (χ1v) is 14.5. The van der Waals surface area contributed by atoms with E-state index in [0.717, 1.165) is 46.0 Å². The lowest BCUT2D eigenvalue weighted by Crippen LogP contribution is -2.36. The first kappa shape index (κ1) is 28.3. The minimum absolute atomic E-state index is 0.142. The number of benzene rings is 4. The Morgan fingerprint density at radius 3 is 1.80 bits per heavy atom. The number of hydrogen-bond donors (Lipinski definition) is 1. The molecule has 0 atom stereocenters. The molecule has 1 heterocycles. The standard InChI is InChI=1S/C34H37N5OS/c1-24(40)35-33-36-32-22-30(39(6)23-25-10-8-7-9-11-25)20-21-31(32)34(41-33,26-12-16-28(17-13-26)37(2)3)27-14-18-29(19-15-27)38(4)5/h7-22H,23H2,1-6H3,(H,35,36,40). The van der Waals surface area contributed by atoms with Crippen LogP contribution in [0, 0.1) is 0 Å². The molecule has 0 spiro atoms. The fraction of sp³-hybridized carbons (Fsp3) is 0.235. The molecule has 0 saturated carbocycles. The SMILES string of the molecule is CC(=O)NC1=Nc2cc(N(C)Cc3ccccc3)ccc2C(c2ccc(N(C)C)cc2)(c2ccc(N(C)C)cc2)S1. The normalized spacial score (nSPS) is 13.6. The Morgan fingerprint density at radius 2 is 1.29 bits per heavy atom. The first-order valence-electron chi connectivity index (χ1n) is 13.7. The van der Waals surface area contributed by atoms with Gasteiger partial charge in [0.2, 0.25) is 5.91 Å². The highest BCUT2D eigenvalue weighted by Gasteiger charge is 2.43. The minimum Gasteiger partial charge on any atom is -0.378 e. The van der Waals surface area contributed by atoms with Crippen LogP contribution in [0.5, 0.6) is 0 Å². The summed E-state index contributed by atoms with van der Waals surface area (Å²) in [7, 11) is 10.3. The van der Waals surface area contributed by atoms with E-state index in [1.54, 1.807) is 11.8 Å². The van der Waals surface area contributed by atoms with Crippen LogP contribution >= 0.6 is 11.8 Å². The molecule has 0 saturated heterocycles. The molecular formula is C34H37N5OS. The van der Waals surface area contributed by atoms with Crippen molar-refractivity contribution in [1.29, 1.82) is 0 Å². The number of rotatable bonds is 7. The Kier molecular flexibility index (Phi) is 8.08. The van der Waals surface area contributed by atoms with Gasteiger partial charge in [-0.25, -0.2) is 4.99 Å². The van der Waals surface area contributed by atoms with Gasteiger partial charge >= 0.3 is 0 Å². The predicted molar refractivity (Wildman–Crippen MR) is 175 cm³/mol. The maximum Gasteiger partial charge on any atom is 0.222 e. The van der Waals surface area contributed by atoms with Crippen LogP contribution in [0.25, 0.3) is 0 Å². The lowest BCUT2D eigenvalue weighted by atomic mass is 9.82. The second-order valence-electron chi connectivity index (χ2n) is 10.8. The van der Waals surface area contributed by atoms with Crippen molar-refractivity contribution in [3.63, 3.8) is 0 Å². The summed E-state index contributed by atoms with van der Waals surface area (Å²) in [6.07, 6.45) is 0. The van der Waals surface area contributed by atoms with E-state index in [1.165, 1.54) is 12.5 Å². The largest absolute Gasteiger partial charge is 0.378 e. The van der Waals surface area contributed by atoms with E-state index in [9.17, 15) is 4.79 Å². The number of aliphatic imine (C=N–C) groups is 1. The molecule has 0 bridgehead atoms. The zero-order valence-corrected chi connectivity index (χ0v) is 25.4. The third-order valence-corrected chi connectivity index (χ3v) is 8.78. The summed E-state index contributed by atoms with van der Waals surface area (Å²) in [6.45, 7) is 2.31. The van der Waals surface area contributed by atoms with Gasteiger partial charge in [0.1, 0.15) is 4.75 Å². The van der Waals surface area contributed by atoms with E-state index in [2.05, 4.69) is 118 Å². The Labute approximate surface area is 247 Å². The van der Waals surface area contributed by atoms with Gasteiger partial charge in [-0.2, -0.15) is 0 Å². The van der Waals surface area contributed by atoms with Gasteiger partial charge < -0.3 is 20.0 Å². The molecule has 1 N–H and O–H groups in total. The third kappa shape index (κ3) is 5.81. The summed E-state index contributed by atoms with van der Waals surface area (Å²) in [5.41, 5.74) is 8.72. The van der Waals surface area contributed by atoms with Crippen LogP contribution in [0.1, 0.15) is 29.2 Å². The van der Waals surface area contributed by atoms with Crippen molar-refractivity contribution in [1.82, 2.24) is 5.32 Å². The molecule has 0 aliphatic carbocycles. The molecular weight excluding hydrogens is 526 g/mol. The van der Waals surface area contributed by atoms with Crippen LogP contribution < -0.4 is 20.0 Å². The first-order chi connectivity index (χ1) is 19.7. The maximum atomic E-state index is 12.3. The molecule has 41 heavy (non-hydrogen) atoms. The van der Waals surface area contributed by atoms with Crippen LogP contribution in [0.4, 0.5) is 22.7 Å². The summed E-state index contributed by atoms with van der Waals surface area (Å²) >= 11 is 1.58. The fourth-order valence-electron chi connectivity index (χ4n) is 5.22. The highest BCUT2D eigenvalue weighted by atomic mass is 32.2. The van der Waals surface area contributed by atoms with Crippen molar-refractivity contribution >= 4 is 45.6 Å². The van der Waals surface area contributed by atoms with Crippen molar-refractivity contribution in [2.75, 3.05) is 49.9 Å². The van der Waals surface area contributed by atoms with Gasteiger partial charge in [0.05, 0.1) is 5.69 Å². The van der Waals surface area contributed by atoms with Crippen molar-refractivity contribution in [3.05, 3.63) is 119 Å². The van der Waals surface area contributed by atoms with Gasteiger partial charge in [0, 0.05) is 71.3 Å². The topological polar surface area (TPSA) is 51.2 Å². The molecule has 0 aromatic heterocycles. The van der Waals surface area contributed by atoms with Crippen LogP contribution in [0.15, 0.2) is 102 Å². The zero-order chi connectivity index (χ0) is 29.1. The molecule has 1 amide bonds. The van der Waals surface area contributed by atoms with Gasteiger partial charge in [-0.05, 0) is 53.1 Å². The molecule has 1 aliphatic heterocycles. The predicted octanol–water partition coefficient (Wildman–Crippen LogP) is 6.62. The fourth-order valence-corrected chi connectivity index (χ4v) is 6.64. The average Bonchev–Trinajstić information content (AvgIpc) is 2.96. The molecule has 5 rings (SSSR count). The summed E-state index contributed by atoms with van der Waals surface area (Å²) in [5, 5.41) is 3.59. The molecule has 0 fully saturated rings. The summed E-state index contributed by atoms with van der Waals surface area (Å²) < 4.78 is -0.624. The number of thioether (sulfide) groups is 1. The van der Waals surface area contributed by atoms with Gasteiger partial charge in [-0.3, -0.25) is 4.79 Å². The zero-order valence-electron chi connectivity index (χ0n) is 24.6. The smallest absolute Gasteiger partial charge is 0.222 e. The van der Waals surface area contributed by atoms with Crippen molar-refractivity contribution in [2.24, 2.45) is 4.99 Å². The van der Waals surface area contributed by atoms with Crippen LogP contribution in [0.3, 0.4) is 0 Å². The Balaban J connectivity index is 1.69. The Morgan fingerprint density at radius 1 is 0.756 bits per heavy atom. The number of nitrogens with one attached hydrogen (secondary N) is 1. The summed E-state index contributed by atoms with van der Waals surface area (Å²) in [5.74, 6) is -0.142. The number of carbonyl (C=O) groups excluding carboxylic acids is 1. The summed E-state index contributed by atoms with van der Waals surface area (Å²) in [6, 6.07) is 34.3. The Bertz CT molecular complexity index is 1500. The van der Waals surface area contributed by atoms with E-state index in [4.69, 9.17) is 4.99 Å². The van der Waals surface area contributed by atoms with E-state index in [-0.39, 0.29) is 5.91 Å². The highest BCUT2D eigenvalue weighted by Crippen LogP contribution is 2.55. The quantitative estimate of drug-likeness (QED) is 0.274. The number of nitrogens with zero attached hydrogens (tertiary/aromatic N) is 4. The second-order valence-corrected chi connectivity index (χ2v) is 12.0. The monoisotopic (exact) mass is 563 g/mol. The van der Waals surface area contributed by atoms with Gasteiger partial charge in [0.25, 0.3) is 0 Å². The second kappa shape index (κ2) is 11.7. The van der Waals surface area contributed by atoms with Crippen LogP contribution in [-0.4, -0.2) is 46.3 Å². The maximum absolute atomic E-state index is 12.3.